The van der Waals surface area contributed by atoms with E-state index in [4.69, 9.17) is 14.1 Å². The summed E-state index contributed by atoms with van der Waals surface area (Å²) in [5, 5.41) is 6.98. The van der Waals surface area contributed by atoms with E-state index in [1.54, 1.807) is 13.4 Å². The Morgan fingerprint density at radius 3 is 2.67 bits per heavy atom. The molecule has 1 saturated heterocycles. The standard InChI is InChI=1S/C25H34N4O3.HI/c1-31-22-10-8-19(9-11-22)17-27-25(26-14-12-23-7-4-16-32-23)28-21-13-15-29(18-21)24(30)20-5-2-3-6-20;/h4,7-11,16,20-21H,2-3,5-6,12-15,17-18H2,1H3,(H2,26,27,28);1H. The number of halogens is 1. The van der Waals surface area contributed by atoms with E-state index in [9.17, 15) is 4.79 Å². The molecular formula is C25H35IN4O3. The molecule has 1 aliphatic heterocycles. The average Bonchev–Trinajstić information content (AvgIpc) is 3.60. The van der Waals surface area contributed by atoms with E-state index in [1.165, 1.54) is 12.8 Å². The molecule has 4 rings (SSSR count). The van der Waals surface area contributed by atoms with E-state index in [-0.39, 0.29) is 35.9 Å². The summed E-state index contributed by atoms with van der Waals surface area (Å²) in [6.45, 7) is 2.86. The van der Waals surface area contributed by atoms with Crippen LogP contribution in [0.2, 0.25) is 0 Å². The zero-order chi connectivity index (χ0) is 22.2. The van der Waals surface area contributed by atoms with Gasteiger partial charge in [0.1, 0.15) is 11.5 Å². The molecule has 2 aliphatic rings. The van der Waals surface area contributed by atoms with Crippen molar-refractivity contribution in [2.24, 2.45) is 10.9 Å². The number of aliphatic imine (C=N–C) groups is 1. The van der Waals surface area contributed by atoms with Crippen molar-refractivity contribution >= 4 is 35.8 Å². The Hall–Kier alpha value is -2.23. The molecule has 33 heavy (non-hydrogen) atoms. The van der Waals surface area contributed by atoms with Crippen molar-refractivity contribution in [3.63, 3.8) is 0 Å². The Bertz CT molecular complexity index is 880. The first-order valence-electron chi connectivity index (χ1n) is 11.7. The maximum atomic E-state index is 12.8. The molecule has 7 nitrogen and oxygen atoms in total. The zero-order valence-corrected chi connectivity index (χ0v) is 21.6. The number of hydrogen-bond acceptors (Lipinski definition) is 4. The van der Waals surface area contributed by atoms with Crippen LogP contribution in [0.15, 0.2) is 52.1 Å². The monoisotopic (exact) mass is 566 g/mol. The number of guanidine groups is 1. The molecule has 180 valence electrons. The summed E-state index contributed by atoms with van der Waals surface area (Å²) in [4.78, 5) is 19.6. The van der Waals surface area contributed by atoms with Gasteiger partial charge in [0.15, 0.2) is 5.96 Å². The highest BCUT2D eigenvalue weighted by atomic mass is 127. The molecule has 1 unspecified atom stereocenters. The molecule has 1 atom stereocenters. The summed E-state index contributed by atoms with van der Waals surface area (Å²) in [5.41, 5.74) is 1.11. The Morgan fingerprint density at radius 2 is 1.97 bits per heavy atom. The van der Waals surface area contributed by atoms with E-state index in [2.05, 4.69) is 10.6 Å². The van der Waals surface area contributed by atoms with Crippen LogP contribution >= 0.6 is 24.0 Å². The summed E-state index contributed by atoms with van der Waals surface area (Å²) in [6, 6.07) is 12.1. The van der Waals surface area contributed by atoms with Gasteiger partial charge >= 0.3 is 0 Å². The molecule has 2 N–H and O–H groups in total. The smallest absolute Gasteiger partial charge is 0.225 e. The number of likely N-dealkylation sites (tertiary alicyclic amines) is 1. The number of furan rings is 1. The summed E-state index contributed by atoms with van der Waals surface area (Å²) in [7, 11) is 1.67. The van der Waals surface area contributed by atoms with Crippen molar-refractivity contribution in [2.45, 2.75) is 51.1 Å². The Labute approximate surface area is 213 Å². The van der Waals surface area contributed by atoms with Gasteiger partial charge in [-0.2, -0.15) is 0 Å². The molecule has 0 bridgehead atoms. The summed E-state index contributed by atoms with van der Waals surface area (Å²) < 4.78 is 10.7. The van der Waals surface area contributed by atoms with Crippen LogP contribution in [-0.4, -0.2) is 49.6 Å². The van der Waals surface area contributed by atoms with Crippen LogP contribution in [0.3, 0.4) is 0 Å². The number of hydrogen-bond donors (Lipinski definition) is 2. The molecule has 1 amide bonds. The van der Waals surface area contributed by atoms with Gasteiger partial charge in [-0.3, -0.25) is 4.79 Å². The van der Waals surface area contributed by atoms with Crippen molar-refractivity contribution in [1.82, 2.24) is 15.5 Å². The maximum Gasteiger partial charge on any atom is 0.225 e. The van der Waals surface area contributed by atoms with Gasteiger partial charge in [0.2, 0.25) is 5.91 Å². The van der Waals surface area contributed by atoms with E-state index < -0.39 is 0 Å². The molecule has 2 aromatic rings. The third kappa shape index (κ3) is 7.38. The van der Waals surface area contributed by atoms with E-state index in [0.29, 0.717) is 12.5 Å². The lowest BCUT2D eigenvalue weighted by Crippen LogP contribution is -2.46. The summed E-state index contributed by atoms with van der Waals surface area (Å²) in [6.07, 6.45) is 7.90. The molecule has 0 radical (unpaired) electrons. The highest BCUT2D eigenvalue weighted by Gasteiger charge is 2.32. The topological polar surface area (TPSA) is 79.1 Å². The molecule has 1 saturated carbocycles. The first-order chi connectivity index (χ1) is 15.7. The molecule has 2 fully saturated rings. The van der Waals surface area contributed by atoms with Gasteiger partial charge in [0, 0.05) is 38.0 Å². The van der Waals surface area contributed by atoms with Gasteiger partial charge in [-0.1, -0.05) is 25.0 Å². The van der Waals surface area contributed by atoms with Gasteiger partial charge in [0.25, 0.3) is 0 Å². The lowest BCUT2D eigenvalue weighted by Gasteiger charge is -2.21. The second-order valence-corrected chi connectivity index (χ2v) is 8.66. The van der Waals surface area contributed by atoms with Crippen LogP contribution in [0, 0.1) is 5.92 Å². The van der Waals surface area contributed by atoms with Gasteiger partial charge in [-0.25, -0.2) is 4.99 Å². The first kappa shape index (κ1) is 25.4. The quantitative estimate of drug-likeness (QED) is 0.287. The predicted octanol–water partition coefficient (Wildman–Crippen LogP) is 3.98. The van der Waals surface area contributed by atoms with Crippen LogP contribution in [0.1, 0.15) is 43.4 Å². The normalized spacial score (nSPS) is 18.8. The fourth-order valence-corrected chi connectivity index (χ4v) is 4.52. The summed E-state index contributed by atoms with van der Waals surface area (Å²) in [5.74, 6) is 3.14. The number of carbonyl (C=O) groups is 1. The lowest BCUT2D eigenvalue weighted by molar-refractivity contribution is -0.134. The predicted molar refractivity (Wildman–Crippen MR) is 140 cm³/mol. The van der Waals surface area contributed by atoms with Crippen molar-refractivity contribution in [1.29, 1.82) is 0 Å². The van der Waals surface area contributed by atoms with Crippen LogP contribution in [0.4, 0.5) is 0 Å². The maximum absolute atomic E-state index is 12.8. The second-order valence-electron chi connectivity index (χ2n) is 8.66. The average molecular weight is 566 g/mol. The van der Waals surface area contributed by atoms with Crippen LogP contribution in [-0.2, 0) is 17.8 Å². The van der Waals surface area contributed by atoms with Crippen molar-refractivity contribution in [3.05, 3.63) is 54.0 Å². The molecule has 1 aromatic carbocycles. The molecule has 2 heterocycles. The Morgan fingerprint density at radius 1 is 1.18 bits per heavy atom. The second kappa shape index (κ2) is 12.9. The minimum atomic E-state index is 0. The number of nitrogens with one attached hydrogen (secondary N) is 2. The fourth-order valence-electron chi connectivity index (χ4n) is 4.52. The zero-order valence-electron chi connectivity index (χ0n) is 19.3. The van der Waals surface area contributed by atoms with E-state index >= 15 is 0 Å². The fraction of sp³-hybridized carbons (Fsp3) is 0.520. The molecule has 1 aromatic heterocycles. The first-order valence-corrected chi connectivity index (χ1v) is 11.7. The van der Waals surface area contributed by atoms with Crippen LogP contribution < -0.4 is 15.4 Å². The van der Waals surface area contributed by atoms with Crippen LogP contribution in [0.25, 0.3) is 0 Å². The Kier molecular flexibility index (Phi) is 9.90. The molecule has 8 heteroatoms. The Balaban J connectivity index is 0.00000306. The van der Waals surface area contributed by atoms with Gasteiger partial charge in [-0.15, -0.1) is 24.0 Å². The van der Waals surface area contributed by atoms with Crippen LogP contribution in [0.5, 0.6) is 5.75 Å². The highest BCUT2D eigenvalue weighted by Crippen LogP contribution is 2.27. The number of carbonyl (C=O) groups excluding carboxylic acids is 1. The third-order valence-electron chi connectivity index (χ3n) is 6.37. The number of amides is 1. The molecule has 0 spiro atoms. The van der Waals surface area contributed by atoms with Gasteiger partial charge in [0.05, 0.1) is 19.9 Å². The lowest BCUT2D eigenvalue weighted by atomic mass is 10.1. The third-order valence-corrected chi connectivity index (χ3v) is 6.37. The molecular weight excluding hydrogens is 531 g/mol. The number of ether oxygens (including phenoxy) is 1. The number of rotatable bonds is 8. The summed E-state index contributed by atoms with van der Waals surface area (Å²) >= 11 is 0. The SMILES string of the molecule is COc1ccc(CN=C(NCCc2ccco2)NC2CCN(C(=O)C3CCCC3)C2)cc1.I. The number of benzene rings is 1. The van der Waals surface area contributed by atoms with Crippen molar-refractivity contribution in [2.75, 3.05) is 26.7 Å². The van der Waals surface area contributed by atoms with Crippen molar-refractivity contribution in [3.8, 4) is 5.75 Å². The largest absolute Gasteiger partial charge is 0.497 e. The minimum Gasteiger partial charge on any atom is -0.497 e. The number of nitrogens with zero attached hydrogens (tertiary/aromatic N) is 2. The minimum absolute atomic E-state index is 0. The van der Waals surface area contributed by atoms with Gasteiger partial charge < -0.3 is 24.7 Å². The van der Waals surface area contributed by atoms with Crippen molar-refractivity contribution < 1.29 is 13.9 Å². The van der Waals surface area contributed by atoms with E-state index in [1.807, 2.05) is 41.3 Å². The van der Waals surface area contributed by atoms with Gasteiger partial charge in [-0.05, 0) is 49.1 Å². The molecule has 1 aliphatic carbocycles. The highest BCUT2D eigenvalue weighted by molar-refractivity contribution is 14.0. The van der Waals surface area contributed by atoms with E-state index in [0.717, 1.165) is 68.4 Å². The number of methoxy groups -OCH3 is 1.